The first-order valence-corrected chi connectivity index (χ1v) is 8.87. The summed E-state index contributed by atoms with van der Waals surface area (Å²) >= 11 is 0. The van der Waals surface area contributed by atoms with Gasteiger partial charge in [-0.15, -0.1) is 0 Å². The van der Waals surface area contributed by atoms with Crippen molar-refractivity contribution in [3.8, 4) is 0 Å². The molecule has 0 aliphatic rings. The summed E-state index contributed by atoms with van der Waals surface area (Å²) in [5, 5.41) is 12.6. The predicted molar refractivity (Wildman–Crippen MR) is 102 cm³/mol. The summed E-state index contributed by atoms with van der Waals surface area (Å²) < 4.78 is 3.49. The van der Waals surface area contributed by atoms with Gasteiger partial charge in [0.05, 0.1) is 17.8 Å². The molecule has 0 saturated carbocycles. The van der Waals surface area contributed by atoms with Crippen LogP contribution in [0.5, 0.6) is 0 Å². The highest BCUT2D eigenvalue weighted by Crippen LogP contribution is 2.18. The molecule has 0 radical (unpaired) electrons. The maximum absolute atomic E-state index is 12.7. The third kappa shape index (κ3) is 4.03. The fourth-order valence-corrected chi connectivity index (χ4v) is 3.14. The van der Waals surface area contributed by atoms with Crippen LogP contribution in [0.15, 0.2) is 73.4 Å². The van der Waals surface area contributed by atoms with Gasteiger partial charge in [-0.3, -0.25) is 14.2 Å². The third-order valence-electron chi connectivity index (χ3n) is 4.50. The van der Waals surface area contributed by atoms with Gasteiger partial charge in [0.25, 0.3) is 0 Å². The number of benzene rings is 2. The number of aromatic nitrogens is 5. The number of nitrogens with zero attached hydrogens (tertiary/aromatic N) is 5. The first-order chi connectivity index (χ1) is 13.3. The van der Waals surface area contributed by atoms with Gasteiger partial charge in [-0.25, -0.2) is 4.98 Å². The maximum atomic E-state index is 12.7. The SMILES string of the molecule is O=C(Cn1ncc2ccccc21)N[C@H](CCn1cncn1)c1ccccc1. The number of aryl methyl sites for hydroxylation is 1. The van der Waals surface area contributed by atoms with E-state index < -0.39 is 0 Å². The molecule has 4 rings (SSSR count). The Labute approximate surface area is 156 Å². The lowest BCUT2D eigenvalue weighted by atomic mass is 10.0. The zero-order valence-corrected chi connectivity index (χ0v) is 14.8. The molecule has 2 aromatic carbocycles. The lowest BCUT2D eigenvalue weighted by Gasteiger charge is -2.19. The number of hydrogen-bond acceptors (Lipinski definition) is 4. The van der Waals surface area contributed by atoms with Crippen LogP contribution in [-0.4, -0.2) is 30.5 Å². The van der Waals surface area contributed by atoms with Gasteiger partial charge in [-0.05, 0) is 18.1 Å². The van der Waals surface area contributed by atoms with E-state index >= 15 is 0 Å². The van der Waals surface area contributed by atoms with Crippen LogP contribution in [0.2, 0.25) is 0 Å². The molecular weight excluding hydrogens is 340 g/mol. The highest BCUT2D eigenvalue weighted by Gasteiger charge is 2.16. The average Bonchev–Trinajstić information content (AvgIpc) is 3.36. The average molecular weight is 360 g/mol. The monoisotopic (exact) mass is 360 g/mol. The summed E-state index contributed by atoms with van der Waals surface area (Å²) in [5.41, 5.74) is 2.02. The summed E-state index contributed by atoms with van der Waals surface area (Å²) in [4.78, 5) is 16.7. The molecule has 1 atom stereocenters. The standard InChI is InChI=1S/C20H20N6O/c27-20(13-26-19-9-5-4-8-17(19)12-22-26)24-18(16-6-2-1-3-7-16)10-11-25-15-21-14-23-25/h1-9,12,14-15,18H,10-11,13H2,(H,24,27)/t18-/m1/s1. The van der Waals surface area contributed by atoms with E-state index in [0.717, 1.165) is 22.9 Å². The molecule has 7 heteroatoms. The summed E-state index contributed by atoms with van der Waals surface area (Å²) in [6.45, 7) is 0.852. The topological polar surface area (TPSA) is 77.6 Å². The highest BCUT2D eigenvalue weighted by molar-refractivity contribution is 5.82. The molecule has 7 nitrogen and oxygen atoms in total. The largest absolute Gasteiger partial charge is 0.348 e. The molecule has 0 unspecified atom stereocenters. The third-order valence-corrected chi connectivity index (χ3v) is 4.50. The van der Waals surface area contributed by atoms with Crippen LogP contribution in [0.3, 0.4) is 0 Å². The van der Waals surface area contributed by atoms with Crippen molar-refractivity contribution in [2.45, 2.75) is 25.6 Å². The first kappa shape index (κ1) is 17.0. The summed E-state index contributed by atoms with van der Waals surface area (Å²) in [6.07, 6.45) is 5.69. The van der Waals surface area contributed by atoms with Crippen LogP contribution in [0, 0.1) is 0 Å². The molecule has 136 valence electrons. The summed E-state index contributed by atoms with van der Waals surface area (Å²) in [7, 11) is 0. The normalized spacial score (nSPS) is 12.1. The zero-order valence-electron chi connectivity index (χ0n) is 14.8. The minimum atomic E-state index is -0.107. The number of amides is 1. The van der Waals surface area contributed by atoms with Crippen LogP contribution >= 0.6 is 0 Å². The number of carbonyl (C=O) groups is 1. The molecule has 1 amide bonds. The van der Waals surface area contributed by atoms with Gasteiger partial charge >= 0.3 is 0 Å². The van der Waals surface area contributed by atoms with Gasteiger partial charge < -0.3 is 5.32 Å². The molecule has 2 aromatic heterocycles. The Balaban J connectivity index is 1.47. The molecule has 27 heavy (non-hydrogen) atoms. The van der Waals surface area contributed by atoms with E-state index in [4.69, 9.17) is 0 Å². The molecule has 0 aliphatic carbocycles. The fourth-order valence-electron chi connectivity index (χ4n) is 3.14. The zero-order chi connectivity index (χ0) is 18.5. The molecular formula is C20H20N6O. The molecule has 0 bridgehead atoms. The lowest BCUT2D eigenvalue weighted by Crippen LogP contribution is -2.32. The molecule has 2 heterocycles. The molecule has 0 aliphatic heterocycles. The second-order valence-electron chi connectivity index (χ2n) is 6.34. The quantitative estimate of drug-likeness (QED) is 0.549. The summed E-state index contributed by atoms with van der Waals surface area (Å²) in [5.74, 6) is -0.0729. The van der Waals surface area contributed by atoms with Crippen molar-refractivity contribution in [3.05, 3.63) is 79.0 Å². The van der Waals surface area contributed by atoms with Crippen molar-refractivity contribution in [3.63, 3.8) is 0 Å². The van der Waals surface area contributed by atoms with Crippen molar-refractivity contribution in [1.82, 2.24) is 29.9 Å². The number of carbonyl (C=O) groups excluding carboxylic acids is 1. The number of fused-ring (bicyclic) bond motifs is 1. The van der Waals surface area contributed by atoms with Crippen molar-refractivity contribution < 1.29 is 4.79 Å². The second-order valence-corrected chi connectivity index (χ2v) is 6.34. The number of nitrogens with one attached hydrogen (secondary N) is 1. The minimum absolute atomic E-state index is 0.0729. The minimum Gasteiger partial charge on any atom is -0.348 e. The van der Waals surface area contributed by atoms with Gasteiger partial charge in [0, 0.05) is 11.9 Å². The van der Waals surface area contributed by atoms with E-state index in [2.05, 4.69) is 20.5 Å². The van der Waals surface area contributed by atoms with Crippen LogP contribution in [-0.2, 0) is 17.9 Å². The van der Waals surface area contributed by atoms with E-state index in [1.807, 2.05) is 54.6 Å². The summed E-state index contributed by atoms with van der Waals surface area (Å²) in [6, 6.07) is 17.7. The van der Waals surface area contributed by atoms with E-state index in [9.17, 15) is 4.79 Å². The Morgan fingerprint density at radius 2 is 1.85 bits per heavy atom. The molecule has 0 fully saturated rings. The predicted octanol–water partition coefficient (Wildman–Crippen LogP) is 2.58. The Hall–Kier alpha value is -3.48. The Kier molecular flexibility index (Phi) is 4.91. The molecule has 0 spiro atoms. The molecule has 0 saturated heterocycles. The van der Waals surface area contributed by atoms with Crippen molar-refractivity contribution in [2.75, 3.05) is 0 Å². The van der Waals surface area contributed by atoms with Gasteiger partial charge in [0.1, 0.15) is 19.2 Å². The van der Waals surface area contributed by atoms with Crippen LogP contribution in [0.1, 0.15) is 18.0 Å². The number of hydrogen-bond donors (Lipinski definition) is 1. The Morgan fingerprint density at radius 1 is 1.04 bits per heavy atom. The Bertz CT molecular complexity index is 1010. The van der Waals surface area contributed by atoms with E-state index in [1.165, 1.54) is 6.33 Å². The van der Waals surface area contributed by atoms with Gasteiger partial charge in [0.2, 0.25) is 5.91 Å². The second kappa shape index (κ2) is 7.82. The van der Waals surface area contributed by atoms with E-state index in [-0.39, 0.29) is 18.5 Å². The number of rotatable bonds is 7. The smallest absolute Gasteiger partial charge is 0.242 e. The van der Waals surface area contributed by atoms with Crippen LogP contribution in [0.4, 0.5) is 0 Å². The fraction of sp³-hybridized carbons (Fsp3) is 0.200. The maximum Gasteiger partial charge on any atom is 0.242 e. The lowest BCUT2D eigenvalue weighted by molar-refractivity contribution is -0.122. The van der Waals surface area contributed by atoms with Gasteiger partial charge in [0.15, 0.2) is 0 Å². The molecule has 1 N–H and O–H groups in total. The van der Waals surface area contributed by atoms with Crippen LogP contribution in [0.25, 0.3) is 10.9 Å². The van der Waals surface area contributed by atoms with Crippen molar-refractivity contribution >= 4 is 16.8 Å². The Morgan fingerprint density at radius 3 is 2.67 bits per heavy atom. The van der Waals surface area contributed by atoms with Gasteiger partial charge in [-0.2, -0.15) is 10.2 Å². The first-order valence-electron chi connectivity index (χ1n) is 8.87. The number of para-hydroxylation sites is 1. The van der Waals surface area contributed by atoms with E-state index in [1.54, 1.807) is 21.9 Å². The molecule has 4 aromatic rings. The highest BCUT2D eigenvalue weighted by atomic mass is 16.2. The van der Waals surface area contributed by atoms with Crippen molar-refractivity contribution in [1.29, 1.82) is 0 Å². The van der Waals surface area contributed by atoms with E-state index in [0.29, 0.717) is 6.54 Å². The van der Waals surface area contributed by atoms with Crippen LogP contribution < -0.4 is 5.32 Å². The van der Waals surface area contributed by atoms with Crippen molar-refractivity contribution in [2.24, 2.45) is 0 Å². The van der Waals surface area contributed by atoms with Gasteiger partial charge in [-0.1, -0.05) is 48.5 Å².